The van der Waals surface area contributed by atoms with Gasteiger partial charge in [0.05, 0.1) is 17.1 Å². The van der Waals surface area contributed by atoms with E-state index in [0.717, 1.165) is 25.7 Å². The first-order valence-electron chi connectivity index (χ1n) is 9.96. The van der Waals surface area contributed by atoms with Crippen LogP contribution in [0.3, 0.4) is 0 Å². The Balaban J connectivity index is 1.84. The maximum absolute atomic E-state index is 13.0. The Kier molecular flexibility index (Phi) is 6.55. The molecule has 2 aromatic heterocycles. The number of rotatable bonds is 8. The summed E-state index contributed by atoms with van der Waals surface area (Å²) in [7, 11) is -3.55. The van der Waals surface area contributed by atoms with Gasteiger partial charge in [0, 0.05) is 12.4 Å². The molecule has 1 aliphatic rings. The highest BCUT2D eigenvalue weighted by Gasteiger charge is 2.29. The van der Waals surface area contributed by atoms with Gasteiger partial charge in [0.2, 0.25) is 5.91 Å². The molecule has 1 unspecified atom stereocenters. The molecule has 2 aromatic rings. The fourth-order valence-corrected chi connectivity index (χ4v) is 4.55. The Hall–Kier alpha value is -2.75. The Bertz CT molecular complexity index is 1010. The summed E-state index contributed by atoms with van der Waals surface area (Å²) >= 11 is 0. The molecule has 2 heterocycles. The van der Waals surface area contributed by atoms with Crippen molar-refractivity contribution in [3.63, 3.8) is 0 Å². The average molecular weight is 435 g/mol. The normalized spacial score (nSPS) is 16.0. The molecule has 1 fully saturated rings. The van der Waals surface area contributed by atoms with Gasteiger partial charge in [0.25, 0.3) is 0 Å². The molecule has 0 spiro atoms. The Labute approximate surface area is 175 Å². The molecule has 2 N–H and O–H groups in total. The van der Waals surface area contributed by atoms with Crippen molar-refractivity contribution in [1.82, 2.24) is 14.5 Å². The SMILES string of the molecule is CC(C)S(=O)(=O)c1cn(C(CC2CCCC2)C(=O)Nc2ccc(C(=O)O)cn2)cn1. The second-order valence-electron chi connectivity index (χ2n) is 7.88. The average Bonchev–Trinajstić information content (AvgIpc) is 3.38. The quantitative estimate of drug-likeness (QED) is 0.653. The monoisotopic (exact) mass is 434 g/mol. The predicted octanol–water partition coefficient (Wildman–Crippen LogP) is 2.92. The number of carboxylic acid groups (broad SMARTS) is 1. The number of nitrogens with zero attached hydrogens (tertiary/aromatic N) is 3. The van der Waals surface area contributed by atoms with Gasteiger partial charge < -0.3 is 15.0 Å². The summed E-state index contributed by atoms with van der Waals surface area (Å²) in [6.07, 6.45) is 8.83. The highest BCUT2D eigenvalue weighted by molar-refractivity contribution is 7.91. The Morgan fingerprint density at radius 2 is 1.93 bits per heavy atom. The maximum Gasteiger partial charge on any atom is 0.337 e. The van der Waals surface area contributed by atoms with E-state index in [9.17, 15) is 18.0 Å². The lowest BCUT2D eigenvalue weighted by atomic mass is 9.97. The minimum atomic E-state index is -3.55. The number of carboxylic acids is 1. The molecule has 162 valence electrons. The van der Waals surface area contributed by atoms with Crippen LogP contribution in [-0.2, 0) is 14.6 Å². The van der Waals surface area contributed by atoms with E-state index in [1.807, 2.05) is 0 Å². The molecule has 10 heteroatoms. The predicted molar refractivity (Wildman–Crippen MR) is 110 cm³/mol. The molecule has 1 saturated carbocycles. The van der Waals surface area contributed by atoms with Gasteiger partial charge in [0.15, 0.2) is 14.9 Å². The maximum atomic E-state index is 13.0. The second kappa shape index (κ2) is 8.95. The molecule has 1 amide bonds. The van der Waals surface area contributed by atoms with Crippen molar-refractivity contribution >= 4 is 27.5 Å². The van der Waals surface area contributed by atoms with E-state index < -0.39 is 27.1 Å². The lowest BCUT2D eigenvalue weighted by Crippen LogP contribution is -2.27. The summed E-state index contributed by atoms with van der Waals surface area (Å²) in [6.45, 7) is 3.17. The summed E-state index contributed by atoms with van der Waals surface area (Å²) in [4.78, 5) is 32.0. The van der Waals surface area contributed by atoms with Crippen molar-refractivity contribution in [2.24, 2.45) is 5.92 Å². The number of pyridine rings is 1. The number of anilines is 1. The number of hydrogen-bond donors (Lipinski definition) is 2. The summed E-state index contributed by atoms with van der Waals surface area (Å²) in [5, 5.41) is 11.0. The van der Waals surface area contributed by atoms with Gasteiger partial charge in [-0.05, 0) is 38.3 Å². The minimum Gasteiger partial charge on any atom is -0.478 e. The zero-order valence-corrected chi connectivity index (χ0v) is 17.8. The molecule has 9 nitrogen and oxygen atoms in total. The van der Waals surface area contributed by atoms with Crippen LogP contribution in [0.1, 0.15) is 62.4 Å². The molecule has 0 aliphatic heterocycles. The van der Waals surface area contributed by atoms with Gasteiger partial charge in [-0.3, -0.25) is 4.79 Å². The summed E-state index contributed by atoms with van der Waals surface area (Å²) < 4.78 is 26.4. The fourth-order valence-electron chi connectivity index (χ4n) is 3.61. The third-order valence-corrected chi connectivity index (χ3v) is 7.48. The van der Waals surface area contributed by atoms with Crippen molar-refractivity contribution in [2.45, 2.75) is 62.3 Å². The van der Waals surface area contributed by atoms with Crippen LogP contribution in [0.5, 0.6) is 0 Å². The molecule has 0 bridgehead atoms. The summed E-state index contributed by atoms with van der Waals surface area (Å²) in [6, 6.07) is 2.15. The smallest absolute Gasteiger partial charge is 0.337 e. The van der Waals surface area contributed by atoms with Crippen LogP contribution in [0.15, 0.2) is 35.9 Å². The topological polar surface area (TPSA) is 131 Å². The van der Waals surface area contributed by atoms with E-state index in [4.69, 9.17) is 5.11 Å². The van der Waals surface area contributed by atoms with Gasteiger partial charge in [-0.25, -0.2) is 23.2 Å². The first kappa shape index (κ1) is 21.9. The number of hydrogen-bond acceptors (Lipinski definition) is 6. The number of sulfone groups is 1. The van der Waals surface area contributed by atoms with Crippen LogP contribution < -0.4 is 5.32 Å². The third-order valence-electron chi connectivity index (χ3n) is 5.45. The number of aromatic carboxylic acids is 1. The number of nitrogens with one attached hydrogen (secondary N) is 1. The first-order valence-corrected chi connectivity index (χ1v) is 11.5. The molecule has 0 saturated heterocycles. The Morgan fingerprint density at radius 3 is 2.50 bits per heavy atom. The van der Waals surface area contributed by atoms with Crippen molar-refractivity contribution in [3.8, 4) is 0 Å². The number of carbonyl (C=O) groups excluding carboxylic acids is 1. The van der Waals surface area contributed by atoms with Gasteiger partial charge in [-0.1, -0.05) is 25.7 Å². The molecule has 3 rings (SSSR count). The molecule has 0 aromatic carbocycles. The lowest BCUT2D eigenvalue weighted by Gasteiger charge is -2.21. The van der Waals surface area contributed by atoms with Crippen LogP contribution in [0.2, 0.25) is 0 Å². The first-order chi connectivity index (χ1) is 14.2. The number of amides is 1. The van der Waals surface area contributed by atoms with Crippen LogP contribution in [0.4, 0.5) is 5.82 Å². The number of aromatic nitrogens is 3. The highest BCUT2D eigenvalue weighted by Crippen LogP contribution is 2.33. The van der Waals surface area contributed by atoms with E-state index >= 15 is 0 Å². The molecule has 30 heavy (non-hydrogen) atoms. The van der Waals surface area contributed by atoms with E-state index in [0.29, 0.717) is 12.3 Å². The van der Waals surface area contributed by atoms with Crippen LogP contribution in [-0.4, -0.2) is 45.2 Å². The molecule has 1 aliphatic carbocycles. The highest BCUT2D eigenvalue weighted by atomic mass is 32.2. The Morgan fingerprint density at radius 1 is 1.23 bits per heavy atom. The third kappa shape index (κ3) is 4.86. The standard InChI is InChI=1S/C20H26N4O5S/c1-13(2)30(28,29)18-11-24(12-22-18)16(9-14-5-3-4-6-14)19(25)23-17-8-7-15(10-21-17)20(26)27/h7-8,10-14,16H,3-6,9H2,1-2H3,(H,26,27)(H,21,23,25). The van der Waals surface area contributed by atoms with Crippen molar-refractivity contribution in [2.75, 3.05) is 5.32 Å². The zero-order valence-electron chi connectivity index (χ0n) is 17.0. The van der Waals surface area contributed by atoms with Crippen molar-refractivity contribution in [1.29, 1.82) is 0 Å². The second-order valence-corrected chi connectivity index (χ2v) is 10.3. The molecular formula is C20H26N4O5S. The van der Waals surface area contributed by atoms with Crippen LogP contribution >= 0.6 is 0 Å². The van der Waals surface area contributed by atoms with Crippen molar-refractivity contribution < 1.29 is 23.1 Å². The fraction of sp³-hybridized carbons (Fsp3) is 0.500. The largest absolute Gasteiger partial charge is 0.478 e. The summed E-state index contributed by atoms with van der Waals surface area (Å²) in [5.41, 5.74) is 0.0219. The van der Waals surface area contributed by atoms with E-state index in [1.54, 1.807) is 18.4 Å². The molecule has 1 atom stereocenters. The van der Waals surface area contributed by atoms with E-state index in [1.165, 1.54) is 30.9 Å². The summed E-state index contributed by atoms with van der Waals surface area (Å²) in [5.74, 6) is -0.840. The van der Waals surface area contributed by atoms with Gasteiger partial charge in [-0.2, -0.15) is 0 Å². The van der Waals surface area contributed by atoms with Crippen LogP contribution in [0, 0.1) is 5.92 Å². The lowest BCUT2D eigenvalue weighted by molar-refractivity contribution is -0.119. The van der Waals surface area contributed by atoms with E-state index in [-0.39, 0.29) is 22.3 Å². The van der Waals surface area contributed by atoms with Gasteiger partial charge >= 0.3 is 5.97 Å². The zero-order chi connectivity index (χ0) is 21.9. The van der Waals surface area contributed by atoms with E-state index in [2.05, 4.69) is 15.3 Å². The number of carbonyl (C=O) groups is 2. The van der Waals surface area contributed by atoms with Gasteiger partial charge in [-0.15, -0.1) is 0 Å². The molecule has 0 radical (unpaired) electrons. The minimum absolute atomic E-state index is 0.0219. The molecular weight excluding hydrogens is 408 g/mol. The number of imidazole rings is 1. The van der Waals surface area contributed by atoms with Crippen LogP contribution in [0.25, 0.3) is 0 Å². The van der Waals surface area contributed by atoms with Crippen molar-refractivity contribution in [3.05, 3.63) is 36.4 Å². The van der Waals surface area contributed by atoms with Gasteiger partial charge in [0.1, 0.15) is 11.9 Å².